The molecule has 2 aromatic rings. The first-order valence-corrected chi connectivity index (χ1v) is 12.0. The van der Waals surface area contributed by atoms with Crippen molar-refractivity contribution >= 4 is 33.2 Å². The standard InChI is InChI=1S/C22H25N3O5S/c1-31(29,30)25-10-4-7-15-8-9-18(11-19(15)25)24-21(27)20(26)23-14-22(28)12-16-5-2-3-6-17(16)13-22/h2-3,5-6,8-9,11,28H,4,7,10,12-14H2,1H3,(H,23,26)(H,24,27). The molecule has 4 rings (SSSR count). The van der Waals surface area contributed by atoms with Crippen LogP contribution >= 0.6 is 0 Å². The van der Waals surface area contributed by atoms with Crippen LogP contribution in [-0.4, -0.2) is 50.3 Å². The van der Waals surface area contributed by atoms with Gasteiger partial charge in [0, 0.05) is 31.6 Å². The van der Waals surface area contributed by atoms with Crippen molar-refractivity contribution in [1.29, 1.82) is 0 Å². The molecule has 0 saturated heterocycles. The summed E-state index contributed by atoms with van der Waals surface area (Å²) in [4.78, 5) is 24.6. The fraction of sp³-hybridized carbons (Fsp3) is 0.364. The van der Waals surface area contributed by atoms with E-state index in [1.807, 2.05) is 24.3 Å². The Labute approximate surface area is 181 Å². The minimum absolute atomic E-state index is 0.0417. The molecule has 164 valence electrons. The molecule has 1 aliphatic carbocycles. The van der Waals surface area contributed by atoms with Gasteiger partial charge in [-0.3, -0.25) is 13.9 Å². The first-order valence-electron chi connectivity index (χ1n) is 10.1. The number of anilines is 2. The van der Waals surface area contributed by atoms with Gasteiger partial charge in [0.2, 0.25) is 10.0 Å². The van der Waals surface area contributed by atoms with Gasteiger partial charge in [0.25, 0.3) is 0 Å². The Bertz CT molecular complexity index is 1120. The highest BCUT2D eigenvalue weighted by molar-refractivity contribution is 7.92. The van der Waals surface area contributed by atoms with Crippen molar-refractivity contribution in [3.63, 3.8) is 0 Å². The van der Waals surface area contributed by atoms with Crippen LogP contribution in [0.1, 0.15) is 23.1 Å². The van der Waals surface area contributed by atoms with Crippen LogP contribution < -0.4 is 14.9 Å². The van der Waals surface area contributed by atoms with E-state index in [-0.39, 0.29) is 6.54 Å². The fourth-order valence-corrected chi connectivity index (χ4v) is 5.26. The lowest BCUT2D eigenvalue weighted by molar-refractivity contribution is -0.136. The third kappa shape index (κ3) is 4.57. The van der Waals surface area contributed by atoms with E-state index in [2.05, 4.69) is 10.6 Å². The van der Waals surface area contributed by atoms with E-state index in [1.54, 1.807) is 18.2 Å². The van der Waals surface area contributed by atoms with E-state index in [4.69, 9.17) is 0 Å². The molecular formula is C22H25N3O5S. The van der Waals surface area contributed by atoms with Crippen LogP contribution in [0.15, 0.2) is 42.5 Å². The largest absolute Gasteiger partial charge is 0.387 e. The van der Waals surface area contributed by atoms with Crippen molar-refractivity contribution in [2.24, 2.45) is 0 Å². The third-order valence-corrected chi connectivity index (χ3v) is 6.94. The molecule has 1 heterocycles. The highest BCUT2D eigenvalue weighted by atomic mass is 32.2. The minimum Gasteiger partial charge on any atom is -0.387 e. The van der Waals surface area contributed by atoms with E-state index < -0.39 is 27.4 Å². The Hall–Kier alpha value is -2.91. The Morgan fingerprint density at radius 1 is 1.06 bits per heavy atom. The first kappa shape index (κ1) is 21.3. The maximum atomic E-state index is 12.3. The van der Waals surface area contributed by atoms with Gasteiger partial charge in [-0.2, -0.15) is 0 Å². The molecule has 31 heavy (non-hydrogen) atoms. The molecule has 0 atom stereocenters. The molecule has 2 aliphatic rings. The van der Waals surface area contributed by atoms with E-state index in [0.29, 0.717) is 30.8 Å². The zero-order valence-corrected chi connectivity index (χ0v) is 18.0. The van der Waals surface area contributed by atoms with Crippen LogP contribution in [0.25, 0.3) is 0 Å². The zero-order valence-electron chi connectivity index (χ0n) is 17.2. The summed E-state index contributed by atoms with van der Waals surface area (Å²) in [7, 11) is -3.43. The van der Waals surface area contributed by atoms with E-state index in [1.165, 1.54) is 4.31 Å². The Balaban J connectivity index is 1.39. The Morgan fingerprint density at radius 3 is 2.39 bits per heavy atom. The highest BCUT2D eigenvalue weighted by Gasteiger charge is 2.35. The predicted molar refractivity (Wildman–Crippen MR) is 117 cm³/mol. The number of amides is 2. The normalized spacial score (nSPS) is 16.9. The molecule has 0 unspecified atom stereocenters. The molecule has 9 heteroatoms. The number of rotatable bonds is 4. The van der Waals surface area contributed by atoms with E-state index >= 15 is 0 Å². The minimum atomic E-state index is -3.43. The van der Waals surface area contributed by atoms with Gasteiger partial charge < -0.3 is 15.7 Å². The molecule has 0 spiro atoms. The van der Waals surface area contributed by atoms with Crippen LogP contribution in [-0.2, 0) is 38.9 Å². The monoisotopic (exact) mass is 443 g/mol. The zero-order chi connectivity index (χ0) is 22.2. The van der Waals surface area contributed by atoms with Gasteiger partial charge in [-0.25, -0.2) is 8.42 Å². The molecule has 0 aromatic heterocycles. The summed E-state index contributed by atoms with van der Waals surface area (Å²) >= 11 is 0. The smallest absolute Gasteiger partial charge is 0.313 e. The number of sulfonamides is 1. The summed E-state index contributed by atoms with van der Waals surface area (Å²) in [6, 6.07) is 12.7. The number of hydrogen-bond acceptors (Lipinski definition) is 5. The van der Waals surface area contributed by atoms with Crippen molar-refractivity contribution in [3.05, 3.63) is 59.2 Å². The number of nitrogens with one attached hydrogen (secondary N) is 2. The second kappa shape index (κ2) is 7.97. The van der Waals surface area contributed by atoms with Crippen molar-refractivity contribution in [2.45, 2.75) is 31.3 Å². The highest BCUT2D eigenvalue weighted by Crippen LogP contribution is 2.32. The van der Waals surface area contributed by atoms with Gasteiger partial charge in [0.1, 0.15) is 0 Å². The molecule has 3 N–H and O–H groups in total. The van der Waals surface area contributed by atoms with Gasteiger partial charge >= 0.3 is 11.8 Å². The summed E-state index contributed by atoms with van der Waals surface area (Å²) in [5.41, 5.74) is 2.68. The maximum absolute atomic E-state index is 12.3. The molecule has 8 nitrogen and oxygen atoms in total. The van der Waals surface area contributed by atoms with Crippen LogP contribution in [0.5, 0.6) is 0 Å². The van der Waals surface area contributed by atoms with Crippen LogP contribution in [0.4, 0.5) is 11.4 Å². The second-order valence-electron chi connectivity index (χ2n) is 8.27. The number of hydrogen-bond donors (Lipinski definition) is 3. The molecule has 2 amide bonds. The molecule has 0 saturated carbocycles. The number of nitrogens with zero attached hydrogens (tertiary/aromatic N) is 1. The number of aryl methyl sites for hydroxylation is 1. The Morgan fingerprint density at radius 2 is 1.74 bits per heavy atom. The fourth-order valence-electron chi connectivity index (χ4n) is 4.28. The summed E-state index contributed by atoms with van der Waals surface area (Å²) < 4.78 is 25.4. The lowest BCUT2D eigenvalue weighted by atomic mass is 10.0. The first-order chi connectivity index (χ1) is 14.6. The molecule has 0 bridgehead atoms. The maximum Gasteiger partial charge on any atom is 0.313 e. The molecule has 1 aliphatic heterocycles. The van der Waals surface area contributed by atoms with E-state index in [9.17, 15) is 23.1 Å². The van der Waals surface area contributed by atoms with E-state index in [0.717, 1.165) is 35.8 Å². The number of fused-ring (bicyclic) bond motifs is 2. The van der Waals surface area contributed by atoms with Crippen LogP contribution in [0.3, 0.4) is 0 Å². The third-order valence-electron chi connectivity index (χ3n) is 5.76. The van der Waals surface area contributed by atoms with Crippen molar-refractivity contribution < 1.29 is 23.1 Å². The van der Waals surface area contributed by atoms with Gasteiger partial charge in [0.15, 0.2) is 0 Å². The molecule has 0 fully saturated rings. The number of carbonyl (C=O) groups is 2. The van der Waals surface area contributed by atoms with Crippen molar-refractivity contribution in [2.75, 3.05) is 29.0 Å². The van der Waals surface area contributed by atoms with Gasteiger partial charge in [0.05, 0.1) is 17.5 Å². The van der Waals surface area contributed by atoms with Crippen molar-refractivity contribution in [3.8, 4) is 0 Å². The Kier molecular flexibility index (Phi) is 5.49. The van der Waals surface area contributed by atoms with Crippen LogP contribution in [0, 0.1) is 0 Å². The average Bonchev–Trinajstić information content (AvgIpc) is 3.07. The van der Waals surface area contributed by atoms with Gasteiger partial charge in [-0.15, -0.1) is 0 Å². The lowest BCUT2D eigenvalue weighted by Gasteiger charge is -2.29. The van der Waals surface area contributed by atoms with Gasteiger partial charge in [-0.1, -0.05) is 30.3 Å². The second-order valence-corrected chi connectivity index (χ2v) is 10.2. The molecular weight excluding hydrogens is 418 g/mol. The molecule has 0 radical (unpaired) electrons. The number of carbonyl (C=O) groups excluding carboxylic acids is 2. The average molecular weight is 444 g/mol. The van der Waals surface area contributed by atoms with Gasteiger partial charge in [-0.05, 0) is 41.7 Å². The topological polar surface area (TPSA) is 116 Å². The summed E-state index contributed by atoms with van der Waals surface area (Å²) in [5.74, 6) is -1.73. The quantitative estimate of drug-likeness (QED) is 0.610. The summed E-state index contributed by atoms with van der Waals surface area (Å²) in [6.07, 6.45) is 3.44. The van der Waals surface area contributed by atoms with Crippen LogP contribution in [0.2, 0.25) is 0 Å². The SMILES string of the molecule is CS(=O)(=O)N1CCCc2ccc(NC(=O)C(=O)NCC3(O)Cc4ccccc4C3)cc21. The number of aliphatic hydroxyl groups is 1. The number of benzene rings is 2. The summed E-state index contributed by atoms with van der Waals surface area (Å²) in [6.45, 7) is 0.338. The van der Waals surface area contributed by atoms with Crippen molar-refractivity contribution in [1.82, 2.24) is 5.32 Å². The summed E-state index contributed by atoms with van der Waals surface area (Å²) in [5, 5.41) is 15.8. The lowest BCUT2D eigenvalue weighted by Crippen LogP contribution is -2.46. The predicted octanol–water partition coefficient (Wildman–Crippen LogP) is 0.983. The molecule has 2 aromatic carbocycles.